The second-order valence-corrected chi connectivity index (χ2v) is 5.10. The van der Waals surface area contributed by atoms with Crippen LogP contribution in [0.4, 0.5) is 0 Å². The van der Waals surface area contributed by atoms with Crippen molar-refractivity contribution in [2.75, 3.05) is 0 Å². The molecule has 0 spiro atoms. The molecular weight excluding hydrogens is 220 g/mol. The fourth-order valence-electron chi connectivity index (χ4n) is 2.39. The summed E-state index contributed by atoms with van der Waals surface area (Å²) in [6, 6.07) is 2.16. The van der Waals surface area contributed by atoms with Crippen LogP contribution >= 0.6 is 0 Å². The number of hydrogen-bond donors (Lipinski definition) is 1. The third kappa shape index (κ3) is 2.63. The van der Waals surface area contributed by atoms with Gasteiger partial charge in [0.2, 0.25) is 0 Å². The van der Waals surface area contributed by atoms with Gasteiger partial charge in [0.15, 0.2) is 0 Å². The quantitative estimate of drug-likeness (QED) is 0.866. The van der Waals surface area contributed by atoms with Crippen molar-refractivity contribution in [2.45, 2.75) is 47.0 Å². The second-order valence-electron chi connectivity index (χ2n) is 5.10. The molecule has 0 aliphatic carbocycles. The van der Waals surface area contributed by atoms with E-state index in [1.165, 1.54) is 34.4 Å². The summed E-state index contributed by atoms with van der Waals surface area (Å²) in [7, 11) is 0. The van der Waals surface area contributed by atoms with E-state index >= 15 is 0 Å². The van der Waals surface area contributed by atoms with Gasteiger partial charge in [-0.2, -0.15) is 0 Å². The molecule has 2 aromatic rings. The molecule has 0 aliphatic heterocycles. The van der Waals surface area contributed by atoms with Crippen LogP contribution < -0.4 is 0 Å². The molecule has 0 aromatic carbocycles. The Kier molecular flexibility index (Phi) is 3.85. The van der Waals surface area contributed by atoms with Crippen molar-refractivity contribution in [3.63, 3.8) is 0 Å². The van der Waals surface area contributed by atoms with Gasteiger partial charge >= 0.3 is 0 Å². The Morgan fingerprint density at radius 2 is 1.94 bits per heavy atom. The monoisotopic (exact) mass is 242 g/mol. The van der Waals surface area contributed by atoms with Crippen molar-refractivity contribution in [3.8, 4) is 0 Å². The molecule has 0 unspecified atom stereocenters. The van der Waals surface area contributed by atoms with Gasteiger partial charge in [0.25, 0.3) is 0 Å². The molecule has 18 heavy (non-hydrogen) atoms. The lowest BCUT2D eigenvalue weighted by molar-refractivity contribution is 0.883. The van der Waals surface area contributed by atoms with Crippen molar-refractivity contribution in [1.29, 1.82) is 0 Å². The lowest BCUT2D eigenvalue weighted by Gasteiger charge is -2.06. The van der Waals surface area contributed by atoms with Crippen LogP contribution in [0.3, 0.4) is 0 Å². The Hall–Kier alpha value is -1.57. The second kappa shape index (κ2) is 5.38. The van der Waals surface area contributed by atoms with Gasteiger partial charge in [-0.1, -0.05) is 13.3 Å². The van der Waals surface area contributed by atoms with Crippen LogP contribution in [-0.2, 0) is 12.8 Å². The number of aromatic amines is 1. The number of H-pyrrole nitrogens is 1. The van der Waals surface area contributed by atoms with Gasteiger partial charge in [-0.05, 0) is 55.5 Å². The molecule has 0 aliphatic rings. The van der Waals surface area contributed by atoms with Gasteiger partial charge in [-0.3, -0.25) is 4.98 Å². The summed E-state index contributed by atoms with van der Waals surface area (Å²) in [5.41, 5.74) is 7.94. The standard InChI is InChI=1S/C16H22N2/c1-5-6-16-13(4)15(10-18-16)8-14-9-17-12(3)7-11(14)2/h7,9-10,18H,5-6,8H2,1-4H3. The number of pyridine rings is 1. The molecular formula is C16H22N2. The minimum absolute atomic E-state index is 0.977. The number of aryl methyl sites for hydroxylation is 3. The average molecular weight is 242 g/mol. The zero-order valence-electron chi connectivity index (χ0n) is 11.8. The summed E-state index contributed by atoms with van der Waals surface area (Å²) in [6.45, 7) is 8.64. The Morgan fingerprint density at radius 1 is 1.17 bits per heavy atom. The van der Waals surface area contributed by atoms with E-state index in [-0.39, 0.29) is 0 Å². The van der Waals surface area contributed by atoms with Crippen molar-refractivity contribution in [3.05, 3.63) is 52.1 Å². The van der Waals surface area contributed by atoms with Crippen LogP contribution in [0.15, 0.2) is 18.5 Å². The minimum atomic E-state index is 0.977. The molecule has 0 saturated carbocycles. The molecule has 0 fully saturated rings. The normalized spacial score (nSPS) is 10.9. The SMILES string of the molecule is CCCc1[nH]cc(Cc2cnc(C)cc2C)c1C. The van der Waals surface area contributed by atoms with Gasteiger partial charge in [0.1, 0.15) is 0 Å². The Balaban J connectivity index is 2.23. The molecule has 2 nitrogen and oxygen atoms in total. The molecule has 0 saturated heterocycles. The summed E-state index contributed by atoms with van der Waals surface area (Å²) >= 11 is 0. The molecule has 2 heterocycles. The van der Waals surface area contributed by atoms with Gasteiger partial charge in [-0.25, -0.2) is 0 Å². The zero-order chi connectivity index (χ0) is 13.1. The van der Waals surface area contributed by atoms with Crippen molar-refractivity contribution in [1.82, 2.24) is 9.97 Å². The number of rotatable bonds is 4. The summed E-state index contributed by atoms with van der Waals surface area (Å²) in [5, 5.41) is 0. The number of nitrogens with one attached hydrogen (secondary N) is 1. The zero-order valence-corrected chi connectivity index (χ0v) is 11.8. The lowest BCUT2D eigenvalue weighted by atomic mass is 10.0. The van der Waals surface area contributed by atoms with E-state index in [9.17, 15) is 0 Å². The first kappa shape index (κ1) is 12.9. The molecule has 96 valence electrons. The molecule has 0 atom stereocenters. The van der Waals surface area contributed by atoms with Crippen LogP contribution in [0.5, 0.6) is 0 Å². The van der Waals surface area contributed by atoms with Gasteiger partial charge in [0, 0.05) is 30.2 Å². The molecule has 0 radical (unpaired) electrons. The Morgan fingerprint density at radius 3 is 2.61 bits per heavy atom. The first-order valence-electron chi connectivity index (χ1n) is 6.69. The van der Waals surface area contributed by atoms with E-state index in [4.69, 9.17) is 0 Å². The maximum Gasteiger partial charge on any atom is 0.0375 e. The van der Waals surface area contributed by atoms with Crippen molar-refractivity contribution < 1.29 is 0 Å². The fourth-order valence-corrected chi connectivity index (χ4v) is 2.39. The summed E-state index contributed by atoms with van der Waals surface area (Å²) < 4.78 is 0. The molecule has 2 heteroatoms. The minimum Gasteiger partial charge on any atom is -0.364 e. The van der Waals surface area contributed by atoms with Gasteiger partial charge in [0.05, 0.1) is 0 Å². The molecule has 2 rings (SSSR count). The summed E-state index contributed by atoms with van der Waals surface area (Å²) in [6.07, 6.45) is 7.46. The molecule has 0 amide bonds. The van der Waals surface area contributed by atoms with Gasteiger partial charge < -0.3 is 4.98 Å². The number of nitrogens with zero attached hydrogens (tertiary/aromatic N) is 1. The topological polar surface area (TPSA) is 28.7 Å². The van der Waals surface area contributed by atoms with Crippen LogP contribution in [0.2, 0.25) is 0 Å². The largest absolute Gasteiger partial charge is 0.364 e. The van der Waals surface area contributed by atoms with Crippen LogP contribution in [0.1, 0.15) is 47.0 Å². The summed E-state index contributed by atoms with van der Waals surface area (Å²) in [5.74, 6) is 0. The van der Waals surface area contributed by atoms with Gasteiger partial charge in [-0.15, -0.1) is 0 Å². The van der Waals surface area contributed by atoms with E-state index < -0.39 is 0 Å². The first-order valence-corrected chi connectivity index (χ1v) is 6.69. The maximum absolute atomic E-state index is 4.40. The van der Waals surface area contributed by atoms with E-state index in [1.54, 1.807) is 0 Å². The maximum atomic E-state index is 4.40. The fraction of sp³-hybridized carbons (Fsp3) is 0.438. The van der Waals surface area contributed by atoms with E-state index in [0.717, 1.165) is 18.5 Å². The summed E-state index contributed by atoms with van der Waals surface area (Å²) in [4.78, 5) is 7.80. The highest BCUT2D eigenvalue weighted by atomic mass is 14.7. The van der Waals surface area contributed by atoms with Crippen molar-refractivity contribution >= 4 is 0 Å². The molecule has 0 bridgehead atoms. The predicted octanol–water partition coefficient (Wildman–Crippen LogP) is 3.88. The third-order valence-corrected chi connectivity index (χ3v) is 3.59. The highest BCUT2D eigenvalue weighted by Gasteiger charge is 2.08. The number of hydrogen-bond acceptors (Lipinski definition) is 1. The average Bonchev–Trinajstić information content (AvgIpc) is 2.66. The molecule has 1 N–H and O–H groups in total. The lowest BCUT2D eigenvalue weighted by Crippen LogP contribution is -1.95. The first-order chi connectivity index (χ1) is 8.61. The molecule has 2 aromatic heterocycles. The van der Waals surface area contributed by atoms with Crippen LogP contribution in [0.25, 0.3) is 0 Å². The van der Waals surface area contributed by atoms with E-state index in [0.29, 0.717) is 0 Å². The van der Waals surface area contributed by atoms with Crippen molar-refractivity contribution in [2.24, 2.45) is 0 Å². The number of aromatic nitrogens is 2. The smallest absolute Gasteiger partial charge is 0.0375 e. The Bertz CT molecular complexity index is 538. The highest BCUT2D eigenvalue weighted by molar-refractivity contribution is 5.36. The van der Waals surface area contributed by atoms with Crippen LogP contribution in [-0.4, -0.2) is 9.97 Å². The van der Waals surface area contributed by atoms with E-state index in [2.05, 4.69) is 43.0 Å². The highest BCUT2D eigenvalue weighted by Crippen LogP contribution is 2.20. The van der Waals surface area contributed by atoms with Crippen LogP contribution in [0, 0.1) is 20.8 Å². The third-order valence-electron chi connectivity index (χ3n) is 3.59. The van der Waals surface area contributed by atoms with E-state index in [1.807, 2.05) is 13.1 Å². The predicted molar refractivity (Wildman–Crippen MR) is 76.0 cm³/mol. The Labute approximate surface area is 109 Å².